The lowest BCUT2D eigenvalue weighted by atomic mass is 10.1. The summed E-state index contributed by atoms with van der Waals surface area (Å²) in [6, 6.07) is 0. The summed E-state index contributed by atoms with van der Waals surface area (Å²) in [6.45, 7) is 9.05. The van der Waals surface area contributed by atoms with Gasteiger partial charge in [0.25, 0.3) is 0 Å². The second-order valence-corrected chi connectivity index (χ2v) is 6.96. The highest BCUT2D eigenvalue weighted by Gasteiger charge is 2.04. The van der Waals surface area contributed by atoms with Gasteiger partial charge in [-0.2, -0.15) is 0 Å². The van der Waals surface area contributed by atoms with Gasteiger partial charge in [0.15, 0.2) is 0 Å². The standard InChI is InChI=1S/C20H42N2O3/c1-19(2)20(23)22-13-9-6-4-5-7-10-15-24-16-11-8-12-17-25-18-14-21-3/h19,21H,4-18H2,1-3H3,(H,22,23). The second kappa shape index (κ2) is 19.7. The number of likely N-dealkylation sites (N-methyl/N-ethyl adjacent to an activating group) is 1. The summed E-state index contributed by atoms with van der Waals surface area (Å²) in [5, 5.41) is 6.03. The summed E-state index contributed by atoms with van der Waals surface area (Å²) in [6.07, 6.45) is 10.7. The molecule has 5 heteroatoms. The highest BCUT2D eigenvalue weighted by atomic mass is 16.5. The van der Waals surface area contributed by atoms with Gasteiger partial charge in [0.2, 0.25) is 5.91 Å². The lowest BCUT2D eigenvalue weighted by molar-refractivity contribution is -0.123. The maximum Gasteiger partial charge on any atom is 0.222 e. The van der Waals surface area contributed by atoms with Crippen LogP contribution in [0.25, 0.3) is 0 Å². The fraction of sp³-hybridized carbons (Fsp3) is 0.950. The highest BCUT2D eigenvalue weighted by Crippen LogP contribution is 2.06. The topological polar surface area (TPSA) is 59.6 Å². The van der Waals surface area contributed by atoms with Crippen molar-refractivity contribution < 1.29 is 14.3 Å². The van der Waals surface area contributed by atoms with Gasteiger partial charge in [-0.1, -0.05) is 39.5 Å². The molecule has 1 amide bonds. The average molecular weight is 359 g/mol. The largest absolute Gasteiger partial charge is 0.381 e. The first kappa shape index (κ1) is 24.4. The molecule has 0 aliphatic carbocycles. The van der Waals surface area contributed by atoms with Crippen LogP contribution in [0, 0.1) is 5.92 Å². The highest BCUT2D eigenvalue weighted by molar-refractivity contribution is 5.77. The minimum atomic E-state index is 0.0941. The Labute approximate surface area is 155 Å². The minimum Gasteiger partial charge on any atom is -0.381 e. The fourth-order valence-electron chi connectivity index (χ4n) is 2.42. The first-order chi connectivity index (χ1) is 12.2. The third kappa shape index (κ3) is 19.5. The van der Waals surface area contributed by atoms with Gasteiger partial charge in [0, 0.05) is 38.8 Å². The number of hydrogen-bond acceptors (Lipinski definition) is 4. The fourth-order valence-corrected chi connectivity index (χ4v) is 2.42. The lowest BCUT2D eigenvalue weighted by Gasteiger charge is -2.07. The summed E-state index contributed by atoms with van der Waals surface area (Å²) in [5.74, 6) is 0.259. The van der Waals surface area contributed by atoms with Gasteiger partial charge in [-0.05, 0) is 39.2 Å². The Bertz CT molecular complexity index is 286. The Hall–Kier alpha value is -0.650. The first-order valence-electron chi connectivity index (χ1n) is 10.3. The summed E-state index contributed by atoms with van der Waals surface area (Å²) in [4.78, 5) is 11.4. The molecule has 0 aromatic rings. The Morgan fingerprint density at radius 1 is 0.720 bits per heavy atom. The van der Waals surface area contributed by atoms with Crippen LogP contribution in [0.3, 0.4) is 0 Å². The van der Waals surface area contributed by atoms with Crippen molar-refractivity contribution >= 4 is 5.91 Å². The van der Waals surface area contributed by atoms with Crippen molar-refractivity contribution in [2.24, 2.45) is 5.92 Å². The van der Waals surface area contributed by atoms with E-state index < -0.39 is 0 Å². The molecule has 0 rings (SSSR count). The van der Waals surface area contributed by atoms with Gasteiger partial charge < -0.3 is 20.1 Å². The molecular formula is C20H42N2O3. The van der Waals surface area contributed by atoms with Crippen molar-refractivity contribution in [3.8, 4) is 0 Å². The molecule has 5 nitrogen and oxygen atoms in total. The molecule has 0 atom stereocenters. The van der Waals surface area contributed by atoms with Crippen LogP contribution < -0.4 is 10.6 Å². The van der Waals surface area contributed by atoms with Crippen molar-refractivity contribution in [1.82, 2.24) is 10.6 Å². The number of nitrogens with one attached hydrogen (secondary N) is 2. The molecule has 2 N–H and O–H groups in total. The van der Waals surface area contributed by atoms with Crippen LogP contribution in [0.5, 0.6) is 0 Å². The van der Waals surface area contributed by atoms with E-state index in [-0.39, 0.29) is 11.8 Å². The van der Waals surface area contributed by atoms with Crippen molar-refractivity contribution in [3.05, 3.63) is 0 Å². The number of rotatable bonds is 19. The molecule has 0 spiro atoms. The molecule has 0 saturated heterocycles. The van der Waals surface area contributed by atoms with E-state index in [4.69, 9.17) is 9.47 Å². The number of hydrogen-bond donors (Lipinski definition) is 2. The predicted octanol–water partition coefficient (Wildman–Crippen LogP) is 3.52. The van der Waals surface area contributed by atoms with Gasteiger partial charge in [-0.3, -0.25) is 4.79 Å². The molecule has 0 saturated carbocycles. The summed E-state index contributed by atoms with van der Waals surface area (Å²) < 4.78 is 11.2. The van der Waals surface area contributed by atoms with E-state index in [2.05, 4.69) is 10.6 Å². The monoisotopic (exact) mass is 358 g/mol. The minimum absolute atomic E-state index is 0.0941. The molecule has 0 aromatic carbocycles. The van der Waals surface area contributed by atoms with E-state index in [1.807, 2.05) is 20.9 Å². The van der Waals surface area contributed by atoms with Gasteiger partial charge >= 0.3 is 0 Å². The van der Waals surface area contributed by atoms with E-state index in [9.17, 15) is 4.79 Å². The Morgan fingerprint density at radius 2 is 1.20 bits per heavy atom. The van der Waals surface area contributed by atoms with Crippen LogP contribution in [0.15, 0.2) is 0 Å². The SMILES string of the molecule is CNCCOCCCCCOCCCCCCCCNC(=O)C(C)C. The van der Waals surface area contributed by atoms with Gasteiger partial charge in [0.05, 0.1) is 6.61 Å². The average Bonchev–Trinajstić information content (AvgIpc) is 2.60. The molecule has 25 heavy (non-hydrogen) atoms. The normalized spacial score (nSPS) is 11.2. The smallest absolute Gasteiger partial charge is 0.222 e. The number of unbranched alkanes of at least 4 members (excludes halogenated alkanes) is 7. The zero-order valence-electron chi connectivity index (χ0n) is 16.9. The quantitative estimate of drug-likeness (QED) is 0.347. The van der Waals surface area contributed by atoms with Crippen molar-refractivity contribution in [2.75, 3.05) is 46.6 Å². The maximum atomic E-state index is 11.4. The third-order valence-electron chi connectivity index (χ3n) is 4.11. The number of amides is 1. The molecule has 0 aliphatic heterocycles. The van der Waals surface area contributed by atoms with Crippen LogP contribution in [0.1, 0.15) is 71.6 Å². The molecule has 0 aliphatic rings. The van der Waals surface area contributed by atoms with Gasteiger partial charge in [-0.15, -0.1) is 0 Å². The summed E-state index contributed by atoms with van der Waals surface area (Å²) >= 11 is 0. The zero-order valence-corrected chi connectivity index (χ0v) is 16.9. The third-order valence-corrected chi connectivity index (χ3v) is 4.11. The molecular weight excluding hydrogens is 316 g/mol. The van der Waals surface area contributed by atoms with Crippen molar-refractivity contribution in [2.45, 2.75) is 71.6 Å². The number of ether oxygens (including phenoxy) is 2. The predicted molar refractivity (Wildman–Crippen MR) is 105 cm³/mol. The molecule has 0 heterocycles. The first-order valence-corrected chi connectivity index (χ1v) is 10.3. The summed E-state index contributed by atoms with van der Waals surface area (Å²) in [5.41, 5.74) is 0. The van der Waals surface area contributed by atoms with Crippen LogP contribution in [0.2, 0.25) is 0 Å². The number of carbonyl (C=O) groups is 1. The maximum absolute atomic E-state index is 11.4. The van der Waals surface area contributed by atoms with Crippen LogP contribution in [0.4, 0.5) is 0 Å². The molecule has 0 aromatic heterocycles. The number of carbonyl (C=O) groups excluding carboxylic acids is 1. The van der Waals surface area contributed by atoms with E-state index in [0.29, 0.717) is 0 Å². The molecule has 150 valence electrons. The van der Waals surface area contributed by atoms with Crippen LogP contribution >= 0.6 is 0 Å². The van der Waals surface area contributed by atoms with E-state index >= 15 is 0 Å². The van der Waals surface area contributed by atoms with Crippen LogP contribution in [-0.2, 0) is 14.3 Å². The Morgan fingerprint density at radius 3 is 1.76 bits per heavy atom. The van der Waals surface area contributed by atoms with Crippen molar-refractivity contribution in [3.63, 3.8) is 0 Å². The zero-order chi connectivity index (χ0) is 18.6. The molecule has 0 fully saturated rings. The molecule has 0 radical (unpaired) electrons. The van der Waals surface area contributed by atoms with E-state index in [1.54, 1.807) is 0 Å². The Balaban J connectivity index is 3.04. The van der Waals surface area contributed by atoms with Gasteiger partial charge in [-0.25, -0.2) is 0 Å². The van der Waals surface area contributed by atoms with Gasteiger partial charge in [0.1, 0.15) is 0 Å². The van der Waals surface area contributed by atoms with Crippen LogP contribution in [-0.4, -0.2) is 52.5 Å². The van der Waals surface area contributed by atoms with E-state index in [0.717, 1.165) is 65.2 Å². The molecule has 0 bridgehead atoms. The summed E-state index contributed by atoms with van der Waals surface area (Å²) in [7, 11) is 1.94. The molecule has 0 unspecified atom stereocenters. The Kier molecular flexibility index (Phi) is 19.2. The second-order valence-electron chi connectivity index (χ2n) is 6.96. The van der Waals surface area contributed by atoms with E-state index in [1.165, 1.54) is 32.1 Å². The lowest BCUT2D eigenvalue weighted by Crippen LogP contribution is -2.28. The van der Waals surface area contributed by atoms with Crippen molar-refractivity contribution in [1.29, 1.82) is 0 Å².